The second-order valence-corrected chi connectivity index (χ2v) is 7.69. The number of nitrogens with zero attached hydrogens (tertiary/aromatic N) is 1. The molecular weight excluding hydrogens is 400 g/mol. The highest BCUT2D eigenvalue weighted by Gasteiger charge is 2.69. The number of esters is 1. The molecule has 2 aliphatic rings. The molecule has 31 heavy (non-hydrogen) atoms. The van der Waals surface area contributed by atoms with Crippen LogP contribution in [0, 0.1) is 11.8 Å². The van der Waals surface area contributed by atoms with Crippen LogP contribution in [0.15, 0.2) is 48.5 Å². The van der Waals surface area contributed by atoms with Gasteiger partial charge in [0.05, 0.1) is 25.6 Å². The number of carbonyl (C=O) groups excluding carboxylic acids is 3. The monoisotopic (exact) mass is 424 g/mol. The van der Waals surface area contributed by atoms with Gasteiger partial charge in [-0.05, 0) is 30.2 Å². The highest BCUT2D eigenvalue weighted by Crippen LogP contribution is 2.53. The Hall–Kier alpha value is -3.39. The lowest BCUT2D eigenvalue weighted by Crippen LogP contribution is -2.53. The number of aromatic hydroxyl groups is 1. The van der Waals surface area contributed by atoms with Gasteiger partial charge in [0, 0.05) is 13.1 Å². The SMILES string of the molecule is CCOC(=O)[C@]1(c2ccccc2)N[C@@H](c2ccc(O)c(OC)c2)[C@H]2C(=O)N(C)C(=O)[C@@H]21. The van der Waals surface area contributed by atoms with Gasteiger partial charge in [-0.15, -0.1) is 0 Å². The third-order valence-corrected chi connectivity index (χ3v) is 6.17. The summed E-state index contributed by atoms with van der Waals surface area (Å²) in [4.78, 5) is 40.8. The summed E-state index contributed by atoms with van der Waals surface area (Å²) in [6.07, 6.45) is 0. The minimum absolute atomic E-state index is 0.0496. The number of phenols is 1. The predicted octanol–water partition coefficient (Wildman–Crippen LogP) is 1.73. The Balaban J connectivity index is 1.93. The van der Waals surface area contributed by atoms with Gasteiger partial charge in [0.15, 0.2) is 17.0 Å². The zero-order valence-corrected chi connectivity index (χ0v) is 17.5. The molecule has 0 spiro atoms. The lowest BCUT2D eigenvalue weighted by molar-refractivity contribution is -0.156. The van der Waals surface area contributed by atoms with Gasteiger partial charge in [0.2, 0.25) is 11.8 Å². The van der Waals surface area contributed by atoms with E-state index < -0.39 is 35.3 Å². The summed E-state index contributed by atoms with van der Waals surface area (Å²) in [6, 6.07) is 12.9. The molecule has 2 saturated heterocycles. The number of amides is 2. The molecule has 2 aromatic carbocycles. The van der Waals surface area contributed by atoms with Gasteiger partial charge in [0.1, 0.15) is 0 Å². The Bertz CT molecular complexity index is 1040. The van der Waals surface area contributed by atoms with Crippen molar-refractivity contribution in [1.29, 1.82) is 0 Å². The molecule has 0 unspecified atom stereocenters. The number of fused-ring (bicyclic) bond motifs is 1. The Labute approximate surface area is 179 Å². The lowest BCUT2D eigenvalue weighted by atomic mass is 9.75. The van der Waals surface area contributed by atoms with Crippen LogP contribution in [0.2, 0.25) is 0 Å². The van der Waals surface area contributed by atoms with Crippen LogP contribution in [0.4, 0.5) is 0 Å². The number of ether oxygens (including phenoxy) is 2. The largest absolute Gasteiger partial charge is 0.504 e. The Morgan fingerprint density at radius 2 is 1.87 bits per heavy atom. The average Bonchev–Trinajstić information content (AvgIpc) is 3.25. The molecule has 2 amide bonds. The summed E-state index contributed by atoms with van der Waals surface area (Å²) in [5, 5.41) is 13.3. The van der Waals surface area contributed by atoms with Crippen LogP contribution in [-0.2, 0) is 24.7 Å². The van der Waals surface area contributed by atoms with Crippen LogP contribution >= 0.6 is 0 Å². The summed E-state index contributed by atoms with van der Waals surface area (Å²) in [5.74, 6) is -3.04. The third kappa shape index (κ3) is 2.97. The van der Waals surface area contributed by atoms with E-state index >= 15 is 0 Å². The summed E-state index contributed by atoms with van der Waals surface area (Å²) >= 11 is 0. The van der Waals surface area contributed by atoms with Gasteiger partial charge < -0.3 is 14.6 Å². The van der Waals surface area contributed by atoms with E-state index in [0.29, 0.717) is 11.1 Å². The van der Waals surface area contributed by atoms with Crippen molar-refractivity contribution in [2.75, 3.05) is 20.8 Å². The topological polar surface area (TPSA) is 105 Å². The van der Waals surface area contributed by atoms with Crippen LogP contribution < -0.4 is 10.1 Å². The molecule has 2 heterocycles. The summed E-state index contributed by atoms with van der Waals surface area (Å²) in [6.45, 7) is 1.82. The number of hydrogen-bond acceptors (Lipinski definition) is 7. The van der Waals surface area contributed by atoms with E-state index in [1.807, 2.05) is 6.07 Å². The van der Waals surface area contributed by atoms with Gasteiger partial charge in [-0.2, -0.15) is 0 Å². The fourth-order valence-corrected chi connectivity index (χ4v) is 4.74. The molecule has 0 aromatic heterocycles. The van der Waals surface area contributed by atoms with E-state index in [-0.39, 0.29) is 24.0 Å². The Morgan fingerprint density at radius 3 is 2.52 bits per heavy atom. The standard InChI is InChI=1S/C23H24N2O6/c1-4-31-22(29)23(14-8-6-5-7-9-14)18-17(20(27)25(2)21(18)28)19(24-23)13-10-11-15(26)16(12-13)30-3/h5-12,17-19,24,26H,4H2,1-3H3/t17-,18+,19-,23+/m0/s1. The normalized spacial score (nSPS) is 27.3. The van der Waals surface area contributed by atoms with E-state index in [1.54, 1.807) is 43.3 Å². The van der Waals surface area contributed by atoms with Crippen molar-refractivity contribution >= 4 is 17.8 Å². The number of methoxy groups -OCH3 is 1. The van der Waals surface area contributed by atoms with Crippen LogP contribution in [0.3, 0.4) is 0 Å². The van der Waals surface area contributed by atoms with Gasteiger partial charge in [-0.3, -0.25) is 19.8 Å². The lowest BCUT2D eigenvalue weighted by Gasteiger charge is -2.33. The molecule has 162 valence electrons. The first kappa shape index (κ1) is 20.9. The Morgan fingerprint density at radius 1 is 1.16 bits per heavy atom. The van der Waals surface area contributed by atoms with Gasteiger partial charge >= 0.3 is 5.97 Å². The van der Waals surface area contributed by atoms with E-state index in [1.165, 1.54) is 20.2 Å². The Kier molecular flexibility index (Phi) is 5.18. The fourth-order valence-electron chi connectivity index (χ4n) is 4.74. The van der Waals surface area contributed by atoms with Crippen molar-refractivity contribution in [1.82, 2.24) is 10.2 Å². The van der Waals surface area contributed by atoms with E-state index in [2.05, 4.69) is 5.32 Å². The molecule has 2 fully saturated rings. The number of benzene rings is 2. The molecule has 4 rings (SSSR count). The van der Waals surface area contributed by atoms with Crippen molar-refractivity contribution < 1.29 is 29.0 Å². The summed E-state index contributed by atoms with van der Waals surface area (Å²) < 4.78 is 10.6. The predicted molar refractivity (Wildman–Crippen MR) is 110 cm³/mol. The maximum absolute atomic E-state index is 13.4. The van der Waals surface area contributed by atoms with Crippen LogP contribution in [0.25, 0.3) is 0 Å². The van der Waals surface area contributed by atoms with Gasteiger partial charge in [-0.1, -0.05) is 36.4 Å². The van der Waals surface area contributed by atoms with E-state index in [4.69, 9.17) is 9.47 Å². The number of hydrogen-bond donors (Lipinski definition) is 2. The zero-order chi connectivity index (χ0) is 22.3. The van der Waals surface area contributed by atoms with Gasteiger partial charge in [-0.25, -0.2) is 4.79 Å². The molecule has 0 saturated carbocycles. The molecule has 0 radical (unpaired) electrons. The molecule has 0 aliphatic carbocycles. The summed E-state index contributed by atoms with van der Waals surface area (Å²) in [5.41, 5.74) is -0.369. The number of likely N-dealkylation sites (tertiary alicyclic amines) is 1. The van der Waals surface area contributed by atoms with Crippen LogP contribution in [0.5, 0.6) is 11.5 Å². The molecule has 8 heteroatoms. The quantitative estimate of drug-likeness (QED) is 0.556. The van der Waals surface area contributed by atoms with Gasteiger partial charge in [0.25, 0.3) is 0 Å². The minimum Gasteiger partial charge on any atom is -0.504 e. The van der Waals surface area contributed by atoms with Crippen molar-refractivity contribution in [3.8, 4) is 11.5 Å². The van der Waals surface area contributed by atoms with E-state index in [9.17, 15) is 19.5 Å². The maximum atomic E-state index is 13.4. The second kappa shape index (κ2) is 7.70. The van der Waals surface area contributed by atoms with E-state index in [0.717, 1.165) is 4.90 Å². The highest BCUT2D eigenvalue weighted by molar-refractivity contribution is 6.09. The van der Waals surface area contributed by atoms with Crippen molar-refractivity contribution in [2.45, 2.75) is 18.5 Å². The summed E-state index contributed by atoms with van der Waals surface area (Å²) in [7, 11) is 2.85. The first-order valence-electron chi connectivity index (χ1n) is 10.1. The first-order chi connectivity index (χ1) is 14.9. The zero-order valence-electron chi connectivity index (χ0n) is 17.5. The number of carbonyl (C=O) groups is 3. The third-order valence-electron chi connectivity index (χ3n) is 6.17. The molecular formula is C23H24N2O6. The highest BCUT2D eigenvalue weighted by atomic mass is 16.5. The smallest absolute Gasteiger partial charge is 0.331 e. The molecule has 4 atom stereocenters. The maximum Gasteiger partial charge on any atom is 0.331 e. The molecule has 8 nitrogen and oxygen atoms in total. The number of nitrogens with one attached hydrogen (secondary N) is 1. The number of rotatable bonds is 5. The number of imide groups is 1. The van der Waals surface area contributed by atoms with Crippen LogP contribution in [-0.4, -0.2) is 48.6 Å². The molecule has 2 aliphatic heterocycles. The molecule has 2 N–H and O–H groups in total. The van der Waals surface area contributed by atoms with Crippen molar-refractivity contribution in [3.63, 3.8) is 0 Å². The van der Waals surface area contributed by atoms with Crippen molar-refractivity contribution in [3.05, 3.63) is 59.7 Å². The molecule has 0 bridgehead atoms. The molecule has 2 aromatic rings. The van der Waals surface area contributed by atoms with Crippen molar-refractivity contribution in [2.24, 2.45) is 11.8 Å². The fraction of sp³-hybridized carbons (Fsp3) is 0.348. The number of phenolic OH excluding ortho intramolecular Hbond substituents is 1. The average molecular weight is 424 g/mol. The first-order valence-corrected chi connectivity index (χ1v) is 10.1. The second-order valence-electron chi connectivity index (χ2n) is 7.69. The minimum atomic E-state index is -1.53. The van der Waals surface area contributed by atoms with Crippen LogP contribution in [0.1, 0.15) is 24.1 Å².